The molecule has 104 valence electrons. The van der Waals surface area contributed by atoms with Crippen LogP contribution in [0.4, 0.5) is 25.0 Å². The van der Waals surface area contributed by atoms with E-state index >= 15 is 0 Å². The van der Waals surface area contributed by atoms with Crippen LogP contribution >= 0.6 is 0 Å². The lowest BCUT2D eigenvalue weighted by Gasteiger charge is -2.09. The number of amides is 2. The highest BCUT2D eigenvalue weighted by molar-refractivity contribution is 5.88. The van der Waals surface area contributed by atoms with Gasteiger partial charge in [-0.3, -0.25) is 0 Å². The van der Waals surface area contributed by atoms with Gasteiger partial charge in [0.1, 0.15) is 0 Å². The van der Waals surface area contributed by atoms with Crippen molar-refractivity contribution in [3.05, 3.63) is 59.7 Å². The maximum atomic E-state index is 13.5. The second-order valence-corrected chi connectivity index (χ2v) is 4.14. The van der Waals surface area contributed by atoms with Gasteiger partial charge >= 0.3 is 6.03 Å². The number of nitrogens with two attached hydrogens (primary N) is 1. The molecule has 20 heavy (non-hydrogen) atoms. The molecule has 0 aliphatic carbocycles. The minimum absolute atomic E-state index is 0.129. The monoisotopic (exact) mass is 277 g/mol. The number of hydrogen-bond acceptors (Lipinski definition) is 2. The van der Waals surface area contributed by atoms with Gasteiger partial charge < -0.3 is 16.4 Å². The Balaban J connectivity index is 2.07. The number of primary amides is 1. The molecule has 0 aliphatic rings. The highest BCUT2D eigenvalue weighted by Gasteiger charge is 2.07. The van der Waals surface area contributed by atoms with Crippen LogP contribution < -0.4 is 16.4 Å². The van der Waals surface area contributed by atoms with E-state index in [-0.39, 0.29) is 12.1 Å². The van der Waals surface area contributed by atoms with E-state index in [1.54, 1.807) is 24.3 Å². The van der Waals surface area contributed by atoms with E-state index in [1.165, 1.54) is 12.1 Å². The molecule has 0 aliphatic heterocycles. The molecule has 4 nitrogen and oxygen atoms in total. The zero-order valence-electron chi connectivity index (χ0n) is 10.5. The number of benzene rings is 2. The first-order valence-corrected chi connectivity index (χ1v) is 5.89. The average Bonchev–Trinajstić information content (AvgIpc) is 2.40. The van der Waals surface area contributed by atoms with Gasteiger partial charge in [-0.2, -0.15) is 0 Å². The Morgan fingerprint density at radius 3 is 2.55 bits per heavy atom. The molecule has 2 aromatic carbocycles. The Kier molecular flexibility index (Phi) is 4.14. The van der Waals surface area contributed by atoms with Gasteiger partial charge in [-0.05, 0) is 24.3 Å². The van der Waals surface area contributed by atoms with Gasteiger partial charge in [-0.15, -0.1) is 0 Å². The number of urea groups is 1. The molecule has 0 unspecified atom stereocenters. The number of halogens is 2. The Morgan fingerprint density at radius 2 is 1.80 bits per heavy atom. The summed E-state index contributed by atoms with van der Waals surface area (Å²) in [5.74, 6) is -1.75. The van der Waals surface area contributed by atoms with E-state index in [0.717, 1.165) is 6.07 Å². The normalized spacial score (nSPS) is 10.1. The van der Waals surface area contributed by atoms with Crippen molar-refractivity contribution in [3.63, 3.8) is 0 Å². The third-order valence-electron chi connectivity index (χ3n) is 2.64. The van der Waals surface area contributed by atoms with Crippen molar-refractivity contribution >= 4 is 17.4 Å². The molecular formula is C14H13F2N3O. The third kappa shape index (κ3) is 3.44. The molecule has 0 fully saturated rings. The van der Waals surface area contributed by atoms with Crippen LogP contribution in [0.1, 0.15) is 5.56 Å². The molecule has 2 aromatic rings. The number of carbonyl (C=O) groups excluding carboxylic acids is 1. The molecule has 0 saturated carbocycles. The Hall–Kier alpha value is -2.63. The first kappa shape index (κ1) is 13.8. The second-order valence-electron chi connectivity index (χ2n) is 4.14. The highest BCUT2D eigenvalue weighted by atomic mass is 19.2. The largest absolute Gasteiger partial charge is 0.381 e. The summed E-state index contributed by atoms with van der Waals surface area (Å²) in [6.45, 7) is 0.129. The Bertz CT molecular complexity index is 632. The number of rotatable bonds is 4. The van der Waals surface area contributed by atoms with E-state index < -0.39 is 17.7 Å². The molecule has 4 N–H and O–H groups in total. The highest BCUT2D eigenvalue weighted by Crippen LogP contribution is 2.17. The van der Waals surface area contributed by atoms with E-state index in [9.17, 15) is 13.6 Å². The van der Waals surface area contributed by atoms with Crippen molar-refractivity contribution in [1.29, 1.82) is 0 Å². The lowest BCUT2D eigenvalue weighted by molar-refractivity contribution is 0.259. The van der Waals surface area contributed by atoms with Crippen LogP contribution in [0.25, 0.3) is 0 Å². The van der Waals surface area contributed by atoms with Crippen LogP contribution in [0.5, 0.6) is 0 Å². The molecule has 0 bridgehead atoms. The molecule has 0 spiro atoms. The maximum absolute atomic E-state index is 13.5. The lowest BCUT2D eigenvalue weighted by atomic mass is 10.2. The van der Waals surface area contributed by atoms with E-state index in [1.807, 2.05) is 0 Å². The minimum atomic E-state index is -0.881. The first-order valence-electron chi connectivity index (χ1n) is 5.89. The van der Waals surface area contributed by atoms with Crippen molar-refractivity contribution in [2.45, 2.75) is 6.54 Å². The van der Waals surface area contributed by atoms with Gasteiger partial charge in [0.25, 0.3) is 0 Å². The summed E-state index contributed by atoms with van der Waals surface area (Å²) >= 11 is 0. The standard InChI is InChI=1S/C14H13F2N3O/c15-12-6-1-3-9(13(12)16)8-18-10-4-2-5-11(7-10)19-14(17)20/h1-7,18H,8H2,(H3,17,19,20). The average molecular weight is 277 g/mol. The fraction of sp³-hybridized carbons (Fsp3) is 0.0714. The Labute approximate surface area is 114 Å². The number of carbonyl (C=O) groups is 1. The van der Waals surface area contributed by atoms with Crippen molar-refractivity contribution < 1.29 is 13.6 Å². The zero-order valence-corrected chi connectivity index (χ0v) is 10.5. The van der Waals surface area contributed by atoms with Crippen molar-refractivity contribution in [2.24, 2.45) is 5.73 Å². The van der Waals surface area contributed by atoms with Gasteiger partial charge in [-0.1, -0.05) is 18.2 Å². The van der Waals surface area contributed by atoms with Crippen molar-refractivity contribution in [3.8, 4) is 0 Å². The van der Waals surface area contributed by atoms with E-state index in [0.29, 0.717) is 11.4 Å². The van der Waals surface area contributed by atoms with Crippen LogP contribution in [0, 0.1) is 11.6 Å². The molecular weight excluding hydrogens is 264 g/mol. The fourth-order valence-electron chi connectivity index (χ4n) is 1.73. The maximum Gasteiger partial charge on any atom is 0.316 e. The van der Waals surface area contributed by atoms with Gasteiger partial charge in [0, 0.05) is 23.5 Å². The second kappa shape index (κ2) is 6.01. The summed E-state index contributed by atoms with van der Waals surface area (Å²) in [5, 5.41) is 5.37. The molecule has 0 radical (unpaired) electrons. The molecule has 0 aromatic heterocycles. The van der Waals surface area contributed by atoms with Crippen LogP contribution in [0.3, 0.4) is 0 Å². The zero-order chi connectivity index (χ0) is 14.5. The van der Waals surface area contributed by atoms with Crippen LogP contribution in [0.15, 0.2) is 42.5 Å². The SMILES string of the molecule is NC(=O)Nc1cccc(NCc2cccc(F)c2F)c1. The lowest BCUT2D eigenvalue weighted by Crippen LogP contribution is -2.19. The molecule has 0 heterocycles. The van der Waals surface area contributed by atoms with Gasteiger partial charge in [0.05, 0.1) is 0 Å². The smallest absolute Gasteiger partial charge is 0.316 e. The molecule has 6 heteroatoms. The van der Waals surface area contributed by atoms with E-state index in [4.69, 9.17) is 5.73 Å². The number of hydrogen-bond donors (Lipinski definition) is 3. The molecule has 0 atom stereocenters. The van der Waals surface area contributed by atoms with E-state index in [2.05, 4.69) is 10.6 Å². The summed E-state index contributed by atoms with van der Waals surface area (Å²) < 4.78 is 26.5. The van der Waals surface area contributed by atoms with Crippen LogP contribution in [-0.4, -0.2) is 6.03 Å². The van der Waals surface area contributed by atoms with Crippen LogP contribution in [-0.2, 0) is 6.54 Å². The number of nitrogens with one attached hydrogen (secondary N) is 2. The number of anilines is 2. The molecule has 0 saturated heterocycles. The van der Waals surface area contributed by atoms with Crippen molar-refractivity contribution in [1.82, 2.24) is 0 Å². The van der Waals surface area contributed by atoms with Crippen LogP contribution in [0.2, 0.25) is 0 Å². The predicted octanol–water partition coefficient (Wildman–Crippen LogP) is 3.07. The van der Waals surface area contributed by atoms with Gasteiger partial charge in [0.15, 0.2) is 11.6 Å². The summed E-state index contributed by atoms with van der Waals surface area (Å²) in [4.78, 5) is 10.7. The summed E-state index contributed by atoms with van der Waals surface area (Å²) in [5.41, 5.74) is 6.40. The summed E-state index contributed by atoms with van der Waals surface area (Å²) in [6.07, 6.45) is 0. The third-order valence-corrected chi connectivity index (χ3v) is 2.64. The minimum Gasteiger partial charge on any atom is -0.381 e. The van der Waals surface area contributed by atoms with Gasteiger partial charge in [0.2, 0.25) is 0 Å². The summed E-state index contributed by atoms with van der Waals surface area (Å²) in [7, 11) is 0. The fourth-order valence-corrected chi connectivity index (χ4v) is 1.73. The molecule has 2 rings (SSSR count). The predicted molar refractivity (Wildman–Crippen MR) is 73.3 cm³/mol. The van der Waals surface area contributed by atoms with Crippen molar-refractivity contribution in [2.75, 3.05) is 10.6 Å². The topological polar surface area (TPSA) is 67.2 Å². The molecule has 2 amide bonds. The summed E-state index contributed by atoms with van der Waals surface area (Å²) in [6, 6.07) is 10.1. The first-order chi connectivity index (χ1) is 9.56. The quantitative estimate of drug-likeness (QED) is 0.804. The van der Waals surface area contributed by atoms with Gasteiger partial charge in [-0.25, -0.2) is 13.6 Å². The Morgan fingerprint density at radius 1 is 1.10 bits per heavy atom.